The molecule has 1 fully saturated rings. The summed E-state index contributed by atoms with van der Waals surface area (Å²) in [6, 6.07) is 0. The number of nitrogens with two attached hydrogens (primary N) is 1. The second kappa shape index (κ2) is 6.23. The second-order valence-corrected chi connectivity index (χ2v) is 6.04. The Labute approximate surface area is 117 Å². The van der Waals surface area contributed by atoms with Crippen molar-refractivity contribution in [3.63, 3.8) is 0 Å². The fourth-order valence-electron chi connectivity index (χ4n) is 2.49. The molecule has 0 saturated heterocycles. The van der Waals surface area contributed by atoms with Crippen LogP contribution >= 0.6 is 11.5 Å². The minimum atomic E-state index is -0.425. The highest BCUT2D eigenvalue weighted by Crippen LogP contribution is 2.31. The number of esters is 1. The Kier molecular flexibility index (Phi) is 4.63. The van der Waals surface area contributed by atoms with Crippen LogP contribution in [0.1, 0.15) is 43.0 Å². The Bertz CT molecular complexity index is 439. The molecular formula is C13H21N3O2S. The second-order valence-electron chi connectivity index (χ2n) is 5.27. The van der Waals surface area contributed by atoms with Crippen molar-refractivity contribution in [1.82, 2.24) is 4.37 Å². The number of carbonyl (C=O) groups is 1. The summed E-state index contributed by atoms with van der Waals surface area (Å²) in [5, 5.41) is 4.03. The molecule has 1 saturated carbocycles. The Morgan fingerprint density at radius 1 is 1.47 bits per heavy atom. The highest BCUT2D eigenvalue weighted by Gasteiger charge is 2.22. The predicted molar refractivity (Wildman–Crippen MR) is 77.5 cm³/mol. The van der Waals surface area contributed by atoms with Crippen molar-refractivity contribution in [3.8, 4) is 0 Å². The summed E-state index contributed by atoms with van der Waals surface area (Å²) in [5.74, 6) is 1.34. The molecular weight excluding hydrogens is 262 g/mol. The smallest absolute Gasteiger partial charge is 0.344 e. The SMILES string of the molecule is COC(=O)c1c(N)nsc1NCC1CCC(C)CC1. The van der Waals surface area contributed by atoms with Crippen molar-refractivity contribution in [1.29, 1.82) is 0 Å². The van der Waals surface area contributed by atoms with Crippen molar-refractivity contribution < 1.29 is 9.53 Å². The third-order valence-electron chi connectivity index (χ3n) is 3.79. The fraction of sp³-hybridized carbons (Fsp3) is 0.692. The number of anilines is 2. The van der Waals surface area contributed by atoms with Crippen LogP contribution in [0.15, 0.2) is 0 Å². The van der Waals surface area contributed by atoms with Crippen LogP contribution in [0.4, 0.5) is 10.8 Å². The van der Waals surface area contributed by atoms with Crippen LogP contribution in [0.25, 0.3) is 0 Å². The first-order valence-corrected chi connectivity index (χ1v) is 7.46. The molecule has 0 unspecified atom stereocenters. The normalized spacial score (nSPS) is 23.1. The van der Waals surface area contributed by atoms with Gasteiger partial charge in [0.25, 0.3) is 0 Å². The van der Waals surface area contributed by atoms with Crippen molar-refractivity contribution in [2.24, 2.45) is 11.8 Å². The van der Waals surface area contributed by atoms with Crippen LogP contribution in [0.2, 0.25) is 0 Å². The van der Waals surface area contributed by atoms with Gasteiger partial charge in [0.15, 0.2) is 5.82 Å². The van der Waals surface area contributed by atoms with Crippen molar-refractivity contribution in [3.05, 3.63) is 5.56 Å². The van der Waals surface area contributed by atoms with E-state index < -0.39 is 5.97 Å². The van der Waals surface area contributed by atoms with E-state index in [4.69, 9.17) is 10.5 Å². The molecule has 0 amide bonds. The van der Waals surface area contributed by atoms with E-state index in [2.05, 4.69) is 16.6 Å². The summed E-state index contributed by atoms with van der Waals surface area (Å²) in [6.07, 6.45) is 5.08. The summed E-state index contributed by atoms with van der Waals surface area (Å²) in [7, 11) is 1.35. The van der Waals surface area contributed by atoms with Crippen LogP contribution in [0.3, 0.4) is 0 Å². The fourth-order valence-corrected chi connectivity index (χ4v) is 3.20. The molecule has 0 bridgehead atoms. The van der Waals surface area contributed by atoms with Crippen molar-refractivity contribution >= 4 is 28.3 Å². The maximum Gasteiger partial charge on any atom is 0.344 e. The van der Waals surface area contributed by atoms with Gasteiger partial charge in [-0.3, -0.25) is 0 Å². The molecule has 1 aromatic rings. The third kappa shape index (κ3) is 3.37. The third-order valence-corrected chi connectivity index (χ3v) is 4.61. The molecule has 3 N–H and O–H groups in total. The van der Waals surface area contributed by atoms with Gasteiger partial charge in [-0.25, -0.2) is 4.79 Å². The molecule has 2 rings (SSSR count). The average Bonchev–Trinajstić information content (AvgIpc) is 2.78. The van der Waals surface area contributed by atoms with Gasteiger partial charge in [0, 0.05) is 6.54 Å². The quantitative estimate of drug-likeness (QED) is 0.831. The van der Waals surface area contributed by atoms with Gasteiger partial charge >= 0.3 is 5.97 Å². The molecule has 0 aliphatic heterocycles. The number of hydrogen-bond acceptors (Lipinski definition) is 6. The molecule has 0 atom stereocenters. The van der Waals surface area contributed by atoms with Crippen LogP contribution in [-0.4, -0.2) is 24.0 Å². The minimum Gasteiger partial charge on any atom is -0.465 e. The lowest BCUT2D eigenvalue weighted by molar-refractivity contribution is 0.0603. The lowest BCUT2D eigenvalue weighted by Gasteiger charge is -2.26. The van der Waals surface area contributed by atoms with E-state index >= 15 is 0 Å². The lowest BCUT2D eigenvalue weighted by Crippen LogP contribution is -2.20. The number of nitrogens with zero attached hydrogens (tertiary/aromatic N) is 1. The minimum absolute atomic E-state index is 0.247. The summed E-state index contributed by atoms with van der Waals surface area (Å²) >= 11 is 1.22. The zero-order valence-electron chi connectivity index (χ0n) is 11.4. The molecule has 0 radical (unpaired) electrons. The van der Waals surface area contributed by atoms with E-state index in [0.717, 1.165) is 17.5 Å². The Morgan fingerprint density at radius 3 is 2.79 bits per heavy atom. The predicted octanol–water partition coefficient (Wildman–Crippen LogP) is 2.75. The Balaban J connectivity index is 1.94. The van der Waals surface area contributed by atoms with Gasteiger partial charge in [0.2, 0.25) is 0 Å². The highest BCUT2D eigenvalue weighted by atomic mass is 32.1. The van der Waals surface area contributed by atoms with E-state index in [1.807, 2.05) is 0 Å². The monoisotopic (exact) mass is 283 g/mol. The first-order valence-electron chi connectivity index (χ1n) is 6.69. The zero-order valence-corrected chi connectivity index (χ0v) is 12.3. The summed E-state index contributed by atoms with van der Waals surface area (Å²) in [6.45, 7) is 3.18. The number of nitrogens with one attached hydrogen (secondary N) is 1. The number of hydrogen-bond donors (Lipinski definition) is 2. The molecule has 0 spiro atoms. The molecule has 6 heteroatoms. The Morgan fingerprint density at radius 2 is 2.16 bits per heavy atom. The van der Waals surface area contributed by atoms with Gasteiger partial charge in [0.1, 0.15) is 10.6 Å². The summed E-state index contributed by atoms with van der Waals surface area (Å²) in [4.78, 5) is 11.6. The van der Waals surface area contributed by atoms with Crippen LogP contribution < -0.4 is 11.1 Å². The number of ether oxygens (including phenoxy) is 1. The van der Waals surface area contributed by atoms with Gasteiger partial charge in [-0.2, -0.15) is 4.37 Å². The molecule has 0 aromatic carbocycles. The standard InChI is InChI=1S/C13H21N3O2S/c1-8-3-5-9(6-4-8)7-15-12-10(13(17)18-2)11(14)16-19-12/h8-9,15H,3-7H2,1-2H3,(H2,14,16). The maximum absolute atomic E-state index is 11.6. The van der Waals surface area contributed by atoms with E-state index in [1.54, 1.807) is 0 Å². The molecule has 106 valence electrons. The summed E-state index contributed by atoms with van der Waals surface area (Å²) < 4.78 is 8.75. The highest BCUT2D eigenvalue weighted by molar-refractivity contribution is 7.11. The van der Waals surface area contributed by atoms with E-state index in [0.29, 0.717) is 11.5 Å². The first kappa shape index (κ1) is 14.1. The van der Waals surface area contributed by atoms with Crippen LogP contribution in [-0.2, 0) is 4.74 Å². The van der Waals surface area contributed by atoms with Gasteiger partial charge in [-0.15, -0.1) is 0 Å². The van der Waals surface area contributed by atoms with E-state index in [1.165, 1.54) is 44.3 Å². The van der Waals surface area contributed by atoms with E-state index in [-0.39, 0.29) is 5.82 Å². The molecule has 1 aromatic heterocycles. The topological polar surface area (TPSA) is 77.2 Å². The van der Waals surface area contributed by atoms with Gasteiger partial charge in [-0.1, -0.05) is 19.8 Å². The first-order chi connectivity index (χ1) is 9.11. The number of aromatic nitrogens is 1. The van der Waals surface area contributed by atoms with Gasteiger partial charge in [-0.05, 0) is 36.2 Å². The van der Waals surface area contributed by atoms with Crippen molar-refractivity contribution in [2.45, 2.75) is 32.6 Å². The van der Waals surface area contributed by atoms with Crippen LogP contribution in [0.5, 0.6) is 0 Å². The zero-order chi connectivity index (χ0) is 13.8. The molecule has 1 heterocycles. The number of carbonyl (C=O) groups excluding carboxylic acids is 1. The van der Waals surface area contributed by atoms with Crippen molar-refractivity contribution in [2.75, 3.05) is 24.7 Å². The Hall–Kier alpha value is -1.30. The van der Waals surface area contributed by atoms with Crippen LogP contribution in [0, 0.1) is 11.8 Å². The number of rotatable bonds is 4. The molecule has 1 aliphatic carbocycles. The number of nitrogen functional groups attached to an aromatic ring is 1. The number of methoxy groups -OCH3 is 1. The lowest BCUT2D eigenvalue weighted by atomic mass is 9.83. The largest absolute Gasteiger partial charge is 0.465 e. The maximum atomic E-state index is 11.6. The van der Waals surface area contributed by atoms with E-state index in [9.17, 15) is 4.79 Å². The van der Waals surface area contributed by atoms with Gasteiger partial charge < -0.3 is 15.8 Å². The summed E-state index contributed by atoms with van der Waals surface area (Å²) in [5.41, 5.74) is 6.08. The van der Waals surface area contributed by atoms with Gasteiger partial charge in [0.05, 0.1) is 7.11 Å². The average molecular weight is 283 g/mol. The molecule has 5 nitrogen and oxygen atoms in total. The molecule has 19 heavy (non-hydrogen) atoms. The molecule has 1 aliphatic rings.